The van der Waals surface area contributed by atoms with E-state index in [0.29, 0.717) is 19.8 Å². The van der Waals surface area contributed by atoms with E-state index in [1.807, 2.05) is 6.92 Å². The van der Waals surface area contributed by atoms with Crippen LogP contribution in [0.5, 0.6) is 0 Å². The van der Waals surface area contributed by atoms with Crippen molar-refractivity contribution in [3.05, 3.63) is 0 Å². The minimum Gasteiger partial charge on any atom is -0.465 e. The van der Waals surface area contributed by atoms with Crippen LogP contribution >= 0.6 is 0 Å². The Kier molecular flexibility index (Phi) is 2.70. The van der Waals surface area contributed by atoms with E-state index in [4.69, 9.17) is 9.84 Å². The number of hydrogen-bond acceptors (Lipinski definition) is 2. The highest BCUT2D eigenvalue weighted by molar-refractivity contribution is 5.65. The number of ether oxygens (including phenoxy) is 1. The van der Waals surface area contributed by atoms with Crippen molar-refractivity contribution >= 4 is 6.09 Å². The molecule has 1 unspecified atom stereocenters. The lowest BCUT2D eigenvalue weighted by Crippen LogP contribution is -2.47. The summed E-state index contributed by atoms with van der Waals surface area (Å²) in [6.45, 7) is 3.55. The van der Waals surface area contributed by atoms with Crippen molar-refractivity contribution < 1.29 is 14.6 Å². The highest BCUT2D eigenvalue weighted by atomic mass is 16.5. The molecule has 0 aliphatic carbocycles. The Morgan fingerprint density at radius 1 is 1.82 bits per heavy atom. The molecule has 0 spiro atoms. The molecular formula is C7H13NO3. The smallest absolute Gasteiger partial charge is 0.407 e. The number of morpholine rings is 1. The van der Waals surface area contributed by atoms with Crippen LogP contribution in [0.2, 0.25) is 0 Å². The van der Waals surface area contributed by atoms with Crippen molar-refractivity contribution in [3.8, 4) is 0 Å². The molecular weight excluding hydrogens is 146 g/mol. The van der Waals surface area contributed by atoms with Gasteiger partial charge in [0.15, 0.2) is 0 Å². The van der Waals surface area contributed by atoms with Gasteiger partial charge in [0.25, 0.3) is 0 Å². The van der Waals surface area contributed by atoms with E-state index in [1.54, 1.807) is 0 Å². The van der Waals surface area contributed by atoms with Crippen molar-refractivity contribution in [1.82, 2.24) is 4.90 Å². The van der Waals surface area contributed by atoms with E-state index in [9.17, 15) is 4.79 Å². The van der Waals surface area contributed by atoms with Crippen LogP contribution in [0.25, 0.3) is 0 Å². The molecule has 1 amide bonds. The zero-order chi connectivity index (χ0) is 8.27. The van der Waals surface area contributed by atoms with Crippen LogP contribution in [0.4, 0.5) is 4.79 Å². The van der Waals surface area contributed by atoms with Gasteiger partial charge in [0.05, 0.1) is 19.3 Å². The van der Waals surface area contributed by atoms with Crippen molar-refractivity contribution in [3.63, 3.8) is 0 Å². The van der Waals surface area contributed by atoms with Gasteiger partial charge in [-0.2, -0.15) is 0 Å². The number of carboxylic acid groups (broad SMARTS) is 1. The van der Waals surface area contributed by atoms with Crippen LogP contribution in [0.3, 0.4) is 0 Å². The van der Waals surface area contributed by atoms with Crippen LogP contribution < -0.4 is 0 Å². The standard InChI is InChI=1S/C7H13NO3/c1-2-6-5-11-4-3-8(6)7(9)10/h6H,2-5H2,1H3,(H,9,10). The Morgan fingerprint density at radius 2 is 2.55 bits per heavy atom. The lowest BCUT2D eigenvalue weighted by Gasteiger charge is -2.32. The van der Waals surface area contributed by atoms with Crippen LogP contribution in [0.15, 0.2) is 0 Å². The fraction of sp³-hybridized carbons (Fsp3) is 0.857. The van der Waals surface area contributed by atoms with Gasteiger partial charge >= 0.3 is 6.09 Å². The Balaban J connectivity index is 2.51. The third-order valence-electron chi connectivity index (χ3n) is 1.94. The van der Waals surface area contributed by atoms with Gasteiger partial charge in [0.1, 0.15) is 0 Å². The molecule has 11 heavy (non-hydrogen) atoms. The molecule has 1 saturated heterocycles. The summed E-state index contributed by atoms with van der Waals surface area (Å²) in [5.41, 5.74) is 0. The molecule has 1 N–H and O–H groups in total. The van der Waals surface area contributed by atoms with Gasteiger partial charge in [-0.25, -0.2) is 4.79 Å². The zero-order valence-corrected chi connectivity index (χ0v) is 6.62. The van der Waals surface area contributed by atoms with E-state index < -0.39 is 6.09 Å². The zero-order valence-electron chi connectivity index (χ0n) is 6.62. The first-order valence-electron chi connectivity index (χ1n) is 3.83. The predicted octanol–water partition coefficient (Wildman–Crippen LogP) is 0.775. The normalized spacial score (nSPS) is 25.2. The van der Waals surface area contributed by atoms with E-state index in [0.717, 1.165) is 6.42 Å². The number of hydrogen-bond donors (Lipinski definition) is 1. The number of rotatable bonds is 1. The summed E-state index contributed by atoms with van der Waals surface area (Å²) >= 11 is 0. The summed E-state index contributed by atoms with van der Waals surface area (Å²) in [5, 5.41) is 8.71. The number of nitrogens with zero attached hydrogens (tertiary/aromatic N) is 1. The second kappa shape index (κ2) is 3.57. The second-order valence-corrected chi connectivity index (χ2v) is 2.61. The molecule has 0 aromatic heterocycles. The van der Waals surface area contributed by atoms with E-state index >= 15 is 0 Å². The third kappa shape index (κ3) is 1.83. The van der Waals surface area contributed by atoms with Gasteiger partial charge in [-0.3, -0.25) is 0 Å². The van der Waals surface area contributed by atoms with Crippen molar-refractivity contribution in [1.29, 1.82) is 0 Å². The van der Waals surface area contributed by atoms with Gasteiger partial charge in [-0.1, -0.05) is 6.92 Å². The average Bonchev–Trinajstić information content (AvgIpc) is 2.04. The first kappa shape index (κ1) is 8.33. The van der Waals surface area contributed by atoms with Crippen LogP contribution in [0, 0.1) is 0 Å². The minimum atomic E-state index is -0.833. The monoisotopic (exact) mass is 159 g/mol. The van der Waals surface area contributed by atoms with Crippen molar-refractivity contribution in [2.24, 2.45) is 0 Å². The fourth-order valence-corrected chi connectivity index (χ4v) is 1.24. The maximum Gasteiger partial charge on any atom is 0.407 e. The van der Waals surface area contributed by atoms with Crippen LogP contribution in [0.1, 0.15) is 13.3 Å². The molecule has 4 heteroatoms. The summed E-state index contributed by atoms with van der Waals surface area (Å²) in [5.74, 6) is 0. The lowest BCUT2D eigenvalue weighted by molar-refractivity contribution is -0.00104. The highest BCUT2D eigenvalue weighted by Crippen LogP contribution is 2.09. The quantitative estimate of drug-likeness (QED) is 0.615. The van der Waals surface area contributed by atoms with Crippen LogP contribution in [-0.4, -0.2) is 41.9 Å². The molecule has 64 valence electrons. The van der Waals surface area contributed by atoms with E-state index in [-0.39, 0.29) is 6.04 Å². The Hall–Kier alpha value is -0.770. The van der Waals surface area contributed by atoms with Gasteiger partial charge in [0.2, 0.25) is 0 Å². The number of carbonyl (C=O) groups is 1. The molecule has 1 rings (SSSR count). The molecule has 0 aromatic rings. The van der Waals surface area contributed by atoms with E-state index in [1.165, 1.54) is 4.90 Å². The summed E-state index contributed by atoms with van der Waals surface area (Å²) < 4.78 is 5.15. The highest BCUT2D eigenvalue weighted by Gasteiger charge is 2.24. The first-order valence-corrected chi connectivity index (χ1v) is 3.83. The van der Waals surface area contributed by atoms with Gasteiger partial charge < -0.3 is 14.7 Å². The SMILES string of the molecule is CCC1COCCN1C(=O)O. The van der Waals surface area contributed by atoms with Gasteiger partial charge in [-0.05, 0) is 6.42 Å². The Labute approximate surface area is 65.8 Å². The predicted molar refractivity (Wildman–Crippen MR) is 39.6 cm³/mol. The van der Waals surface area contributed by atoms with Crippen molar-refractivity contribution in [2.45, 2.75) is 19.4 Å². The molecule has 1 fully saturated rings. The molecule has 0 bridgehead atoms. The molecule has 0 aromatic carbocycles. The molecule has 1 atom stereocenters. The molecule has 1 aliphatic rings. The molecule has 4 nitrogen and oxygen atoms in total. The molecule has 1 heterocycles. The van der Waals surface area contributed by atoms with Crippen molar-refractivity contribution in [2.75, 3.05) is 19.8 Å². The maximum absolute atomic E-state index is 10.6. The second-order valence-electron chi connectivity index (χ2n) is 2.61. The van der Waals surface area contributed by atoms with Crippen LogP contribution in [-0.2, 0) is 4.74 Å². The Morgan fingerprint density at radius 3 is 3.00 bits per heavy atom. The topological polar surface area (TPSA) is 49.8 Å². The summed E-state index contributed by atoms with van der Waals surface area (Å²) in [4.78, 5) is 12.0. The van der Waals surface area contributed by atoms with Gasteiger partial charge in [-0.15, -0.1) is 0 Å². The summed E-state index contributed by atoms with van der Waals surface area (Å²) in [7, 11) is 0. The average molecular weight is 159 g/mol. The maximum atomic E-state index is 10.6. The summed E-state index contributed by atoms with van der Waals surface area (Å²) in [6, 6.07) is 0.0567. The number of amides is 1. The molecule has 0 saturated carbocycles. The molecule has 1 aliphatic heterocycles. The lowest BCUT2D eigenvalue weighted by atomic mass is 10.2. The Bertz CT molecular complexity index is 149. The third-order valence-corrected chi connectivity index (χ3v) is 1.94. The van der Waals surface area contributed by atoms with Gasteiger partial charge in [0, 0.05) is 6.54 Å². The minimum absolute atomic E-state index is 0.0567. The first-order chi connectivity index (χ1) is 5.25. The summed E-state index contributed by atoms with van der Waals surface area (Å²) in [6.07, 6.45) is -0.00750. The fourth-order valence-electron chi connectivity index (χ4n) is 1.24. The van der Waals surface area contributed by atoms with E-state index in [2.05, 4.69) is 0 Å². The largest absolute Gasteiger partial charge is 0.465 e. The molecule has 0 radical (unpaired) electrons.